The van der Waals surface area contributed by atoms with E-state index >= 15 is 0 Å². The molecule has 0 unspecified atom stereocenters. The third-order valence-electron chi connectivity index (χ3n) is 6.40. The SMILES string of the molecule is Cc1cc(C=Nn2c(-c3cc4cc(Br)ccc4o3)nc3ccccc3c2=O)c(C)n1-c1ccc(Br)c(Cl)c1. The molecule has 0 spiro atoms. The van der Waals surface area contributed by atoms with Crippen molar-refractivity contribution >= 4 is 71.5 Å². The number of halogens is 3. The van der Waals surface area contributed by atoms with Crippen molar-refractivity contribution in [2.75, 3.05) is 0 Å². The number of hydrogen-bond donors (Lipinski definition) is 0. The lowest BCUT2D eigenvalue weighted by molar-refractivity contribution is 0.616. The largest absolute Gasteiger partial charge is 0.453 e. The fourth-order valence-corrected chi connectivity index (χ4v) is 5.37. The molecule has 0 aliphatic rings. The van der Waals surface area contributed by atoms with Crippen LogP contribution in [0.2, 0.25) is 5.02 Å². The normalized spacial score (nSPS) is 11.8. The van der Waals surface area contributed by atoms with Gasteiger partial charge in [0.15, 0.2) is 5.76 Å². The highest BCUT2D eigenvalue weighted by Gasteiger charge is 2.17. The molecule has 0 saturated carbocycles. The molecule has 6 aromatic rings. The maximum atomic E-state index is 13.6. The molecule has 3 heterocycles. The first kappa shape index (κ1) is 24.9. The summed E-state index contributed by atoms with van der Waals surface area (Å²) in [4.78, 5) is 18.4. The Morgan fingerprint density at radius 2 is 1.82 bits per heavy atom. The van der Waals surface area contributed by atoms with Crippen LogP contribution >= 0.6 is 43.5 Å². The molecule has 6 nitrogen and oxygen atoms in total. The van der Waals surface area contributed by atoms with Gasteiger partial charge in [0, 0.05) is 37.0 Å². The number of nitrogens with zero attached hydrogens (tertiary/aromatic N) is 4. The highest BCUT2D eigenvalue weighted by atomic mass is 79.9. The molecule has 0 radical (unpaired) electrons. The number of rotatable bonds is 4. The summed E-state index contributed by atoms with van der Waals surface area (Å²) in [7, 11) is 0. The van der Waals surface area contributed by atoms with Gasteiger partial charge < -0.3 is 8.98 Å². The molecule has 0 aliphatic carbocycles. The van der Waals surface area contributed by atoms with E-state index < -0.39 is 0 Å². The van der Waals surface area contributed by atoms with Gasteiger partial charge in [0.2, 0.25) is 5.82 Å². The Labute approximate surface area is 239 Å². The van der Waals surface area contributed by atoms with E-state index in [1.165, 1.54) is 4.68 Å². The van der Waals surface area contributed by atoms with Crippen LogP contribution in [0.5, 0.6) is 0 Å². The molecule has 0 bridgehead atoms. The molecular formula is C29H19Br2ClN4O2. The van der Waals surface area contributed by atoms with Crippen molar-refractivity contribution in [2.24, 2.45) is 5.10 Å². The van der Waals surface area contributed by atoms with Crippen LogP contribution in [0.1, 0.15) is 17.0 Å². The third-order valence-corrected chi connectivity index (χ3v) is 8.12. The van der Waals surface area contributed by atoms with Gasteiger partial charge in [-0.3, -0.25) is 4.79 Å². The molecule has 6 rings (SSSR count). The number of aryl methyl sites for hydroxylation is 1. The number of aromatic nitrogens is 3. The van der Waals surface area contributed by atoms with Gasteiger partial charge in [-0.15, -0.1) is 0 Å². The molecule has 0 aliphatic heterocycles. The molecule has 0 fully saturated rings. The lowest BCUT2D eigenvalue weighted by atomic mass is 10.2. The Balaban J connectivity index is 1.51. The summed E-state index contributed by atoms with van der Waals surface area (Å²) in [6, 6.07) is 22.7. The zero-order valence-electron chi connectivity index (χ0n) is 20.2. The maximum Gasteiger partial charge on any atom is 0.282 e. The molecule has 9 heteroatoms. The first-order valence-electron chi connectivity index (χ1n) is 11.7. The molecule has 3 aromatic heterocycles. The Bertz CT molecular complexity index is 1970. The number of fused-ring (bicyclic) bond motifs is 2. The minimum Gasteiger partial charge on any atom is -0.453 e. The van der Waals surface area contributed by atoms with Crippen LogP contribution in [0, 0.1) is 13.8 Å². The zero-order chi connectivity index (χ0) is 26.6. The minimum atomic E-state index is -0.281. The van der Waals surface area contributed by atoms with E-state index in [1.807, 2.05) is 80.6 Å². The van der Waals surface area contributed by atoms with Crippen LogP contribution in [0.25, 0.3) is 39.1 Å². The monoisotopic (exact) mass is 648 g/mol. The van der Waals surface area contributed by atoms with E-state index in [4.69, 9.17) is 21.0 Å². The Morgan fingerprint density at radius 3 is 2.63 bits per heavy atom. The lowest BCUT2D eigenvalue weighted by Crippen LogP contribution is -2.20. The fourth-order valence-electron chi connectivity index (χ4n) is 4.57. The van der Waals surface area contributed by atoms with Gasteiger partial charge in [-0.05, 0) is 90.4 Å². The molecule has 3 aromatic carbocycles. The standard InChI is InChI=1S/C29H19Br2ClN4O2/c1-16-11-19(17(2)35(16)21-8-9-23(31)24(32)14-21)15-33-36-28(34-25-6-4-3-5-22(25)29(36)37)27-13-18-12-20(30)7-10-26(18)38-27/h3-15H,1-2H3. The van der Waals surface area contributed by atoms with Gasteiger partial charge in [-0.25, -0.2) is 4.98 Å². The average Bonchev–Trinajstić information content (AvgIpc) is 3.44. The minimum absolute atomic E-state index is 0.281. The van der Waals surface area contributed by atoms with E-state index in [0.29, 0.717) is 33.1 Å². The summed E-state index contributed by atoms with van der Waals surface area (Å²) in [6.45, 7) is 4.02. The third kappa shape index (κ3) is 4.32. The quantitative estimate of drug-likeness (QED) is 0.181. The predicted molar refractivity (Wildman–Crippen MR) is 160 cm³/mol. The van der Waals surface area contributed by atoms with E-state index in [1.54, 1.807) is 12.3 Å². The highest BCUT2D eigenvalue weighted by Crippen LogP contribution is 2.30. The van der Waals surface area contributed by atoms with E-state index in [-0.39, 0.29) is 5.56 Å². The molecule has 0 amide bonds. The second-order valence-corrected chi connectivity index (χ2v) is 11.0. The Morgan fingerprint density at radius 1 is 1.00 bits per heavy atom. The van der Waals surface area contributed by atoms with Gasteiger partial charge in [0.05, 0.1) is 22.1 Å². The van der Waals surface area contributed by atoms with Gasteiger partial charge in [0.25, 0.3) is 5.56 Å². The topological polar surface area (TPSA) is 65.3 Å². The Kier molecular flexibility index (Phi) is 6.34. The van der Waals surface area contributed by atoms with Crippen LogP contribution in [-0.4, -0.2) is 20.4 Å². The van der Waals surface area contributed by atoms with Gasteiger partial charge in [-0.1, -0.05) is 39.7 Å². The van der Waals surface area contributed by atoms with Crippen molar-refractivity contribution in [2.45, 2.75) is 13.8 Å². The molecule has 38 heavy (non-hydrogen) atoms. The van der Waals surface area contributed by atoms with Crippen molar-refractivity contribution < 1.29 is 4.42 Å². The second-order valence-electron chi connectivity index (χ2n) is 8.87. The molecular weight excluding hydrogens is 632 g/mol. The predicted octanol–water partition coefficient (Wildman–Crippen LogP) is 8.28. The number of para-hydroxylation sites is 1. The van der Waals surface area contributed by atoms with Crippen LogP contribution in [-0.2, 0) is 0 Å². The molecule has 0 atom stereocenters. The first-order chi connectivity index (χ1) is 18.3. The smallest absolute Gasteiger partial charge is 0.282 e. The number of benzene rings is 3. The van der Waals surface area contributed by atoms with Crippen molar-refractivity contribution in [3.05, 3.63) is 114 Å². The average molecular weight is 651 g/mol. The number of furan rings is 1. The zero-order valence-corrected chi connectivity index (χ0v) is 24.2. The summed E-state index contributed by atoms with van der Waals surface area (Å²) in [5.41, 5.74) is 4.75. The van der Waals surface area contributed by atoms with Gasteiger partial charge in [-0.2, -0.15) is 9.78 Å². The maximum absolute atomic E-state index is 13.6. The highest BCUT2D eigenvalue weighted by molar-refractivity contribution is 9.10. The fraction of sp³-hybridized carbons (Fsp3) is 0.0690. The van der Waals surface area contributed by atoms with Crippen molar-refractivity contribution in [3.8, 4) is 17.3 Å². The van der Waals surface area contributed by atoms with Gasteiger partial charge >= 0.3 is 0 Å². The van der Waals surface area contributed by atoms with Crippen LogP contribution in [0.15, 0.2) is 96.1 Å². The summed E-state index contributed by atoms with van der Waals surface area (Å²) >= 11 is 13.3. The van der Waals surface area contributed by atoms with Crippen molar-refractivity contribution in [1.82, 2.24) is 14.2 Å². The summed E-state index contributed by atoms with van der Waals surface area (Å²) in [5.74, 6) is 0.777. The van der Waals surface area contributed by atoms with Crippen molar-refractivity contribution in [1.29, 1.82) is 0 Å². The van der Waals surface area contributed by atoms with E-state index in [9.17, 15) is 4.79 Å². The van der Waals surface area contributed by atoms with E-state index in [2.05, 4.69) is 41.5 Å². The van der Waals surface area contributed by atoms with Crippen LogP contribution in [0.4, 0.5) is 0 Å². The van der Waals surface area contributed by atoms with Crippen LogP contribution in [0.3, 0.4) is 0 Å². The van der Waals surface area contributed by atoms with E-state index in [0.717, 1.165) is 37.0 Å². The van der Waals surface area contributed by atoms with Crippen molar-refractivity contribution in [3.63, 3.8) is 0 Å². The summed E-state index contributed by atoms with van der Waals surface area (Å²) < 4.78 is 11.3. The van der Waals surface area contributed by atoms with Crippen LogP contribution < -0.4 is 5.56 Å². The molecule has 0 saturated heterocycles. The second kappa shape index (κ2) is 9.69. The number of hydrogen-bond acceptors (Lipinski definition) is 4. The first-order valence-corrected chi connectivity index (χ1v) is 13.7. The summed E-state index contributed by atoms with van der Waals surface area (Å²) in [5, 5.41) is 6.62. The summed E-state index contributed by atoms with van der Waals surface area (Å²) in [6.07, 6.45) is 1.68. The Hall–Kier alpha value is -3.46. The lowest BCUT2D eigenvalue weighted by Gasteiger charge is -2.11. The molecule has 188 valence electrons. The van der Waals surface area contributed by atoms with Gasteiger partial charge in [0.1, 0.15) is 5.58 Å². The molecule has 0 N–H and O–H groups in total.